The Morgan fingerprint density at radius 2 is 2.09 bits per heavy atom. The zero-order valence-corrected chi connectivity index (χ0v) is 13.8. The molecule has 23 heavy (non-hydrogen) atoms. The van der Waals surface area contributed by atoms with Gasteiger partial charge in [-0.2, -0.15) is 12.8 Å². The molecule has 0 aliphatic heterocycles. The minimum absolute atomic E-state index is 0.00695. The van der Waals surface area contributed by atoms with Crippen molar-refractivity contribution in [2.75, 3.05) is 0 Å². The van der Waals surface area contributed by atoms with Crippen molar-refractivity contribution >= 4 is 39.7 Å². The van der Waals surface area contributed by atoms with Crippen molar-refractivity contribution in [1.29, 1.82) is 0 Å². The van der Waals surface area contributed by atoms with E-state index in [9.17, 15) is 13.5 Å². The maximum absolute atomic E-state index is 12.2. The highest BCUT2D eigenvalue weighted by atomic mass is 32.2. The van der Waals surface area contributed by atoms with Crippen molar-refractivity contribution < 1.29 is 13.5 Å². The Morgan fingerprint density at radius 3 is 2.87 bits per heavy atom. The van der Waals surface area contributed by atoms with E-state index >= 15 is 0 Å². The molecule has 1 aromatic carbocycles. The van der Waals surface area contributed by atoms with Crippen LogP contribution in [0.5, 0.6) is 5.75 Å². The van der Waals surface area contributed by atoms with Gasteiger partial charge in [-0.25, -0.2) is 0 Å². The number of fused-ring (bicyclic) bond motifs is 1. The van der Waals surface area contributed by atoms with Crippen molar-refractivity contribution in [1.82, 2.24) is 0 Å². The first-order chi connectivity index (χ1) is 11.1. The van der Waals surface area contributed by atoms with Gasteiger partial charge in [0, 0.05) is 5.56 Å². The molecule has 0 radical (unpaired) electrons. The Labute approximate surface area is 138 Å². The molecule has 1 N–H and O–H groups in total. The molecule has 1 aliphatic rings. The number of rotatable bonds is 3. The first-order valence-electron chi connectivity index (χ1n) is 7.11. The number of aromatic hydroxyl groups is 1. The van der Waals surface area contributed by atoms with E-state index in [2.05, 4.69) is 10.5 Å². The zero-order chi connectivity index (χ0) is 16.3. The SMILES string of the molecule is O=S(=O)(/N=C/c1c(O)ccc2/c1=C\C=C/CC\C=2)c1cccs1. The van der Waals surface area contributed by atoms with Crippen LogP contribution >= 0.6 is 11.3 Å². The van der Waals surface area contributed by atoms with Crippen molar-refractivity contribution in [3.63, 3.8) is 0 Å². The lowest BCUT2D eigenvalue weighted by Crippen LogP contribution is -2.28. The van der Waals surface area contributed by atoms with Gasteiger partial charge in [0.1, 0.15) is 9.96 Å². The van der Waals surface area contributed by atoms with Crippen LogP contribution in [0.3, 0.4) is 0 Å². The second kappa shape index (κ2) is 6.52. The first-order valence-corrected chi connectivity index (χ1v) is 9.43. The molecule has 1 heterocycles. The number of thiophene rings is 1. The lowest BCUT2D eigenvalue weighted by atomic mass is 10.1. The summed E-state index contributed by atoms with van der Waals surface area (Å²) in [7, 11) is -3.74. The molecular weight excluding hydrogens is 330 g/mol. The van der Waals surface area contributed by atoms with Crippen molar-refractivity contribution in [2.45, 2.75) is 17.1 Å². The summed E-state index contributed by atoms with van der Waals surface area (Å²) in [5.74, 6) is 0.00695. The summed E-state index contributed by atoms with van der Waals surface area (Å²) in [6.07, 6.45) is 11.0. The van der Waals surface area contributed by atoms with Gasteiger partial charge in [0.05, 0.1) is 6.21 Å². The average molecular weight is 345 g/mol. The van der Waals surface area contributed by atoms with Gasteiger partial charge < -0.3 is 5.11 Å². The van der Waals surface area contributed by atoms with Crippen LogP contribution in [-0.2, 0) is 10.0 Å². The number of benzene rings is 1. The molecule has 0 spiro atoms. The van der Waals surface area contributed by atoms with E-state index in [1.54, 1.807) is 17.5 Å². The summed E-state index contributed by atoms with van der Waals surface area (Å²) in [6.45, 7) is 0. The van der Waals surface area contributed by atoms with Gasteiger partial charge in [0.25, 0.3) is 10.0 Å². The maximum atomic E-state index is 12.2. The molecule has 1 aliphatic carbocycles. The normalized spacial score (nSPS) is 19.0. The Kier molecular flexibility index (Phi) is 4.45. The molecule has 4 nitrogen and oxygen atoms in total. The fraction of sp³-hybridized carbons (Fsp3) is 0.118. The van der Waals surface area contributed by atoms with E-state index in [0.29, 0.717) is 5.56 Å². The summed E-state index contributed by atoms with van der Waals surface area (Å²) < 4.78 is 28.2. The van der Waals surface area contributed by atoms with E-state index in [1.807, 2.05) is 24.3 Å². The summed E-state index contributed by atoms with van der Waals surface area (Å²) in [5.41, 5.74) is 0.408. The number of allylic oxidation sites excluding steroid dienone is 2. The van der Waals surface area contributed by atoms with E-state index in [0.717, 1.165) is 34.6 Å². The highest BCUT2D eigenvalue weighted by Crippen LogP contribution is 2.18. The predicted molar refractivity (Wildman–Crippen MR) is 93.8 cm³/mol. The molecule has 6 heteroatoms. The fourth-order valence-electron chi connectivity index (χ4n) is 2.32. The third kappa shape index (κ3) is 3.43. The van der Waals surface area contributed by atoms with Crippen molar-refractivity contribution in [3.8, 4) is 5.75 Å². The van der Waals surface area contributed by atoms with Crippen LogP contribution in [0.1, 0.15) is 18.4 Å². The fourth-order valence-corrected chi connectivity index (χ4v) is 4.15. The predicted octanol–water partition coefficient (Wildman–Crippen LogP) is 2.17. The van der Waals surface area contributed by atoms with Crippen LogP contribution < -0.4 is 10.4 Å². The molecule has 0 unspecified atom stereocenters. The molecule has 0 saturated carbocycles. The molecule has 0 bridgehead atoms. The summed E-state index contributed by atoms with van der Waals surface area (Å²) in [5, 5.41) is 13.5. The van der Waals surface area contributed by atoms with Crippen LogP contribution in [-0.4, -0.2) is 19.7 Å². The molecule has 3 rings (SSSR count). The molecule has 2 aromatic rings. The van der Waals surface area contributed by atoms with Gasteiger partial charge in [-0.1, -0.05) is 36.4 Å². The van der Waals surface area contributed by atoms with Crippen LogP contribution in [0.15, 0.2) is 50.4 Å². The molecular formula is C17H15NO3S2. The Balaban J connectivity index is 2.14. The summed E-state index contributed by atoms with van der Waals surface area (Å²) in [6, 6.07) is 6.56. The van der Waals surface area contributed by atoms with Crippen LogP contribution in [0, 0.1) is 0 Å². The largest absolute Gasteiger partial charge is 0.507 e. The second-order valence-electron chi connectivity index (χ2n) is 5.02. The quantitative estimate of drug-likeness (QED) is 0.867. The van der Waals surface area contributed by atoms with Gasteiger partial charge in [-0.15, -0.1) is 11.3 Å². The van der Waals surface area contributed by atoms with Crippen LogP contribution in [0.2, 0.25) is 0 Å². The number of nitrogens with zero attached hydrogens (tertiary/aromatic N) is 1. The molecule has 1 aromatic heterocycles. The van der Waals surface area contributed by atoms with Gasteiger partial charge in [0.15, 0.2) is 0 Å². The number of sulfonamides is 1. The summed E-state index contributed by atoms with van der Waals surface area (Å²) >= 11 is 1.11. The van der Waals surface area contributed by atoms with E-state index in [4.69, 9.17) is 0 Å². The molecule has 118 valence electrons. The third-order valence-electron chi connectivity index (χ3n) is 3.46. The minimum Gasteiger partial charge on any atom is -0.507 e. The first kappa shape index (κ1) is 15.7. The van der Waals surface area contributed by atoms with E-state index < -0.39 is 10.0 Å². The smallest absolute Gasteiger partial charge is 0.291 e. The van der Waals surface area contributed by atoms with Gasteiger partial charge in [0.2, 0.25) is 0 Å². The Hall–Kier alpha value is -2.18. The maximum Gasteiger partial charge on any atom is 0.291 e. The Bertz CT molecular complexity index is 985. The lowest BCUT2D eigenvalue weighted by molar-refractivity contribution is 0.474. The highest BCUT2D eigenvalue weighted by molar-refractivity contribution is 7.92. The molecule has 0 amide bonds. The van der Waals surface area contributed by atoms with Gasteiger partial charge >= 0.3 is 0 Å². The van der Waals surface area contributed by atoms with E-state index in [1.165, 1.54) is 12.3 Å². The van der Waals surface area contributed by atoms with Gasteiger partial charge in [-0.05, 0) is 40.8 Å². The standard InChI is InChI=1S/C17H15NO3S2/c19-16-10-9-13-6-3-1-2-4-7-14(13)15(16)12-18-23(20,21)17-8-5-11-22-17/h2,4-12,19H,1,3H2/b4-2-,13-6-,14-7+,18-12+. The summed E-state index contributed by atoms with van der Waals surface area (Å²) in [4.78, 5) is 0. The Morgan fingerprint density at radius 1 is 1.22 bits per heavy atom. The number of phenols is 1. The second-order valence-corrected chi connectivity index (χ2v) is 7.83. The highest BCUT2D eigenvalue weighted by Gasteiger charge is 2.13. The molecule has 0 fully saturated rings. The van der Waals surface area contributed by atoms with Crippen molar-refractivity contribution in [2.24, 2.45) is 4.40 Å². The van der Waals surface area contributed by atoms with Crippen LogP contribution in [0.4, 0.5) is 0 Å². The number of hydrogen-bond acceptors (Lipinski definition) is 4. The van der Waals surface area contributed by atoms with E-state index in [-0.39, 0.29) is 9.96 Å². The monoisotopic (exact) mass is 345 g/mol. The van der Waals surface area contributed by atoms with Gasteiger partial charge in [-0.3, -0.25) is 0 Å². The average Bonchev–Trinajstić information content (AvgIpc) is 3.03. The minimum atomic E-state index is -3.74. The zero-order valence-electron chi connectivity index (χ0n) is 12.2. The lowest BCUT2D eigenvalue weighted by Gasteiger charge is -2.03. The van der Waals surface area contributed by atoms with Crippen LogP contribution in [0.25, 0.3) is 12.2 Å². The molecule has 0 saturated heterocycles. The third-order valence-corrected chi connectivity index (χ3v) is 6.07. The molecule has 0 atom stereocenters. The topological polar surface area (TPSA) is 66.7 Å². The van der Waals surface area contributed by atoms with Crippen molar-refractivity contribution in [3.05, 3.63) is 57.8 Å². The number of hydrogen-bond donors (Lipinski definition) is 1. The number of phenolic OH excluding ortho intramolecular Hbond substituents is 1.